The third-order valence-electron chi connectivity index (χ3n) is 5.07. The summed E-state index contributed by atoms with van der Waals surface area (Å²) < 4.78 is 51.5. The molecule has 0 aliphatic carbocycles. The summed E-state index contributed by atoms with van der Waals surface area (Å²) in [6, 6.07) is 4.73. The quantitative estimate of drug-likeness (QED) is 0.745. The number of aliphatic hydroxyl groups is 1. The monoisotopic (exact) mass is 425 g/mol. The van der Waals surface area contributed by atoms with E-state index in [9.17, 15) is 27.9 Å². The number of esters is 2. The number of allylic oxidation sites excluding steroid dienone is 1. The summed E-state index contributed by atoms with van der Waals surface area (Å²) in [5.41, 5.74) is -1.21. The second-order valence-corrected chi connectivity index (χ2v) is 7.27. The third kappa shape index (κ3) is 3.58. The summed E-state index contributed by atoms with van der Waals surface area (Å²) in [5, 5.41) is 10.3. The predicted molar refractivity (Wildman–Crippen MR) is 99.6 cm³/mol. The minimum atomic E-state index is -4.72. The molecule has 0 saturated heterocycles. The number of benzene rings is 1. The second kappa shape index (κ2) is 7.79. The lowest BCUT2D eigenvalue weighted by atomic mass is 9.78. The number of aliphatic hydroxyl groups excluding tert-OH is 1. The van der Waals surface area contributed by atoms with Gasteiger partial charge in [0.15, 0.2) is 0 Å². The number of carbonyl (C=O) groups is 2. The molecule has 0 spiro atoms. The van der Waals surface area contributed by atoms with Crippen LogP contribution >= 0.6 is 0 Å². The lowest BCUT2D eigenvalue weighted by Gasteiger charge is -2.36. The standard InChI is InChI=1S/C21H22F3NO5/c1-5-25-11(4)14(18(26)29-10(2)3)15(16-17(25)20(28)30-19(16)27)12-8-6-7-9-13(12)21(22,23)24/h6-10,15,20,28H,5H2,1-4H3. The zero-order valence-corrected chi connectivity index (χ0v) is 16.9. The Labute approximate surface area is 171 Å². The van der Waals surface area contributed by atoms with Gasteiger partial charge >= 0.3 is 18.1 Å². The van der Waals surface area contributed by atoms with Gasteiger partial charge in [-0.2, -0.15) is 13.2 Å². The third-order valence-corrected chi connectivity index (χ3v) is 5.07. The zero-order chi connectivity index (χ0) is 22.4. The highest BCUT2D eigenvalue weighted by atomic mass is 19.4. The lowest BCUT2D eigenvalue weighted by Crippen LogP contribution is -2.36. The van der Waals surface area contributed by atoms with E-state index in [1.165, 1.54) is 23.1 Å². The van der Waals surface area contributed by atoms with Crippen molar-refractivity contribution in [3.63, 3.8) is 0 Å². The summed E-state index contributed by atoms with van der Waals surface area (Å²) in [5.74, 6) is -3.19. The van der Waals surface area contributed by atoms with Crippen LogP contribution in [0.4, 0.5) is 13.2 Å². The van der Waals surface area contributed by atoms with Gasteiger partial charge in [0.2, 0.25) is 6.29 Å². The number of hydrogen-bond donors (Lipinski definition) is 1. The largest absolute Gasteiger partial charge is 0.460 e. The number of halogens is 3. The van der Waals surface area contributed by atoms with Crippen LogP contribution in [0.25, 0.3) is 0 Å². The van der Waals surface area contributed by atoms with Crippen LogP contribution in [0.3, 0.4) is 0 Å². The molecule has 2 atom stereocenters. The van der Waals surface area contributed by atoms with Gasteiger partial charge in [0.25, 0.3) is 0 Å². The van der Waals surface area contributed by atoms with Crippen LogP contribution in [-0.4, -0.2) is 40.9 Å². The molecule has 0 aromatic heterocycles. The first-order valence-electron chi connectivity index (χ1n) is 9.47. The average molecular weight is 425 g/mol. The van der Waals surface area contributed by atoms with E-state index in [1.54, 1.807) is 27.7 Å². The normalized spacial score (nSPS) is 21.9. The first-order chi connectivity index (χ1) is 14.0. The molecule has 1 N–H and O–H groups in total. The SMILES string of the molecule is CCN1C(C)=C(C(=O)OC(C)C)C(c2ccccc2C(F)(F)F)C2=C1C(O)OC2=O. The molecule has 6 nitrogen and oxygen atoms in total. The lowest BCUT2D eigenvalue weighted by molar-refractivity contribution is -0.153. The number of ether oxygens (including phenoxy) is 2. The van der Waals surface area contributed by atoms with E-state index in [0.717, 1.165) is 6.07 Å². The van der Waals surface area contributed by atoms with Gasteiger partial charge in [0.1, 0.15) is 0 Å². The molecule has 0 bridgehead atoms. The second-order valence-electron chi connectivity index (χ2n) is 7.27. The van der Waals surface area contributed by atoms with Crippen LogP contribution in [-0.2, 0) is 25.2 Å². The van der Waals surface area contributed by atoms with Gasteiger partial charge < -0.3 is 19.5 Å². The number of cyclic esters (lactones) is 1. The highest BCUT2D eigenvalue weighted by molar-refractivity contribution is 6.01. The van der Waals surface area contributed by atoms with Gasteiger partial charge in [-0.3, -0.25) is 0 Å². The molecule has 0 saturated carbocycles. The molecular weight excluding hydrogens is 403 g/mol. The van der Waals surface area contributed by atoms with E-state index in [1.807, 2.05) is 0 Å². The average Bonchev–Trinajstić information content (AvgIpc) is 2.93. The molecule has 1 aromatic rings. The number of rotatable bonds is 4. The van der Waals surface area contributed by atoms with E-state index in [4.69, 9.17) is 9.47 Å². The van der Waals surface area contributed by atoms with Crippen LogP contribution in [0.15, 0.2) is 46.8 Å². The molecule has 3 rings (SSSR count). The molecule has 1 aromatic carbocycles. The number of carbonyl (C=O) groups excluding carboxylic acids is 2. The van der Waals surface area contributed by atoms with Gasteiger partial charge in [-0.15, -0.1) is 0 Å². The summed E-state index contributed by atoms with van der Waals surface area (Å²) in [6.45, 7) is 6.75. The summed E-state index contributed by atoms with van der Waals surface area (Å²) in [7, 11) is 0. The van der Waals surface area contributed by atoms with E-state index < -0.39 is 42.0 Å². The predicted octanol–water partition coefficient (Wildman–Crippen LogP) is 3.48. The smallest absolute Gasteiger partial charge is 0.416 e. The minimum Gasteiger partial charge on any atom is -0.460 e. The Morgan fingerprint density at radius 1 is 1.30 bits per heavy atom. The molecule has 2 aliphatic heterocycles. The molecule has 0 amide bonds. The van der Waals surface area contributed by atoms with Crippen molar-refractivity contribution >= 4 is 11.9 Å². The summed E-state index contributed by atoms with van der Waals surface area (Å²) in [4.78, 5) is 27.1. The Hall–Kier alpha value is -2.81. The first-order valence-corrected chi connectivity index (χ1v) is 9.47. The number of nitrogens with zero attached hydrogens (tertiary/aromatic N) is 1. The van der Waals surface area contributed by atoms with Crippen LogP contribution in [0.1, 0.15) is 44.7 Å². The molecule has 0 fully saturated rings. The van der Waals surface area contributed by atoms with Crippen molar-refractivity contribution in [1.29, 1.82) is 0 Å². The Morgan fingerprint density at radius 2 is 1.93 bits per heavy atom. The minimum absolute atomic E-state index is 0.0445. The van der Waals surface area contributed by atoms with E-state index in [-0.39, 0.29) is 29.0 Å². The van der Waals surface area contributed by atoms with Crippen LogP contribution in [0, 0.1) is 0 Å². The van der Waals surface area contributed by atoms with Gasteiger partial charge in [-0.25, -0.2) is 9.59 Å². The van der Waals surface area contributed by atoms with Crippen molar-refractivity contribution in [2.75, 3.05) is 6.54 Å². The van der Waals surface area contributed by atoms with Gasteiger partial charge in [0.05, 0.1) is 34.4 Å². The Kier molecular flexibility index (Phi) is 5.68. The maximum Gasteiger partial charge on any atom is 0.416 e. The van der Waals surface area contributed by atoms with Crippen molar-refractivity contribution in [3.05, 3.63) is 57.9 Å². The van der Waals surface area contributed by atoms with Crippen molar-refractivity contribution in [3.8, 4) is 0 Å². The zero-order valence-electron chi connectivity index (χ0n) is 16.9. The molecule has 2 heterocycles. The molecule has 2 aliphatic rings. The van der Waals surface area contributed by atoms with Gasteiger partial charge in [0, 0.05) is 12.2 Å². The highest BCUT2D eigenvalue weighted by Gasteiger charge is 2.50. The molecule has 0 radical (unpaired) electrons. The Balaban J connectivity index is 2.33. The van der Waals surface area contributed by atoms with Crippen molar-refractivity contribution in [1.82, 2.24) is 4.90 Å². The molecular formula is C21H22F3NO5. The fourth-order valence-electron chi connectivity index (χ4n) is 3.95. The summed E-state index contributed by atoms with van der Waals surface area (Å²) in [6.07, 6.45) is -6.88. The first kappa shape index (κ1) is 21.9. The van der Waals surface area contributed by atoms with Crippen LogP contribution in [0.5, 0.6) is 0 Å². The van der Waals surface area contributed by atoms with E-state index in [0.29, 0.717) is 5.70 Å². The van der Waals surface area contributed by atoms with E-state index in [2.05, 4.69) is 0 Å². The van der Waals surface area contributed by atoms with E-state index >= 15 is 0 Å². The van der Waals surface area contributed by atoms with Crippen LogP contribution < -0.4 is 0 Å². The maximum absolute atomic E-state index is 13.8. The summed E-state index contributed by atoms with van der Waals surface area (Å²) >= 11 is 0. The number of alkyl halides is 3. The molecule has 30 heavy (non-hydrogen) atoms. The Bertz CT molecular complexity index is 948. The van der Waals surface area contributed by atoms with Crippen molar-refractivity contribution in [2.45, 2.75) is 52.2 Å². The molecule has 2 unspecified atom stereocenters. The molecule has 162 valence electrons. The number of hydrogen-bond acceptors (Lipinski definition) is 6. The maximum atomic E-state index is 13.8. The topological polar surface area (TPSA) is 76.1 Å². The van der Waals surface area contributed by atoms with Gasteiger partial charge in [-0.1, -0.05) is 18.2 Å². The van der Waals surface area contributed by atoms with Crippen molar-refractivity contribution < 1.29 is 37.3 Å². The van der Waals surface area contributed by atoms with Crippen LogP contribution in [0.2, 0.25) is 0 Å². The van der Waals surface area contributed by atoms with Crippen molar-refractivity contribution in [2.24, 2.45) is 0 Å². The fraction of sp³-hybridized carbons (Fsp3) is 0.429. The highest BCUT2D eigenvalue weighted by Crippen LogP contribution is 2.49. The number of likely N-dealkylation sites (N-methyl/N-ethyl adjacent to an activating group) is 1. The molecule has 9 heteroatoms. The Morgan fingerprint density at radius 3 is 2.50 bits per heavy atom. The fourth-order valence-corrected chi connectivity index (χ4v) is 3.95. The van der Waals surface area contributed by atoms with Gasteiger partial charge in [-0.05, 0) is 39.3 Å².